The SMILES string of the molecule is Cc1nc(OCCNC(=O)C(C)Oc2ccccc2Cl)cc(N2CCOCC2)n1. The number of halogens is 1. The van der Waals surface area contributed by atoms with Crippen molar-refractivity contribution in [1.82, 2.24) is 15.3 Å². The average Bonchev–Trinajstić information content (AvgIpc) is 2.73. The number of aromatic nitrogens is 2. The van der Waals surface area contributed by atoms with Gasteiger partial charge in [0.05, 0.1) is 24.8 Å². The summed E-state index contributed by atoms with van der Waals surface area (Å²) in [7, 11) is 0. The van der Waals surface area contributed by atoms with Crippen LogP contribution in [0.2, 0.25) is 5.02 Å². The minimum absolute atomic E-state index is 0.249. The van der Waals surface area contributed by atoms with Crippen LogP contribution in [0.4, 0.5) is 5.82 Å². The van der Waals surface area contributed by atoms with Crippen LogP contribution in [-0.2, 0) is 9.53 Å². The van der Waals surface area contributed by atoms with Gasteiger partial charge in [-0.05, 0) is 26.0 Å². The van der Waals surface area contributed by atoms with Crippen LogP contribution in [0.1, 0.15) is 12.7 Å². The largest absolute Gasteiger partial charge is 0.479 e. The molecule has 1 N–H and O–H groups in total. The minimum Gasteiger partial charge on any atom is -0.479 e. The first-order chi connectivity index (χ1) is 14.0. The summed E-state index contributed by atoms with van der Waals surface area (Å²) in [4.78, 5) is 23.1. The molecule has 0 aliphatic carbocycles. The van der Waals surface area contributed by atoms with Crippen molar-refractivity contribution in [2.75, 3.05) is 44.4 Å². The van der Waals surface area contributed by atoms with Crippen molar-refractivity contribution in [2.45, 2.75) is 20.0 Å². The highest BCUT2D eigenvalue weighted by Gasteiger charge is 2.16. The number of nitrogens with one attached hydrogen (secondary N) is 1. The molecule has 1 aliphatic heterocycles. The van der Waals surface area contributed by atoms with E-state index in [2.05, 4.69) is 20.2 Å². The number of rotatable bonds is 8. The first-order valence-electron chi connectivity index (χ1n) is 9.53. The third-order valence-electron chi connectivity index (χ3n) is 4.30. The standard InChI is InChI=1S/C20H25ClN4O4/c1-14(29-17-6-4-3-5-16(17)21)20(26)22-7-10-28-19-13-18(23-15(2)24-19)25-8-11-27-12-9-25/h3-6,13-14H,7-12H2,1-2H3,(H,22,26). The molecule has 3 rings (SSSR count). The molecule has 29 heavy (non-hydrogen) atoms. The monoisotopic (exact) mass is 420 g/mol. The zero-order valence-corrected chi connectivity index (χ0v) is 17.3. The second-order valence-electron chi connectivity index (χ2n) is 6.54. The van der Waals surface area contributed by atoms with Gasteiger partial charge in [-0.25, -0.2) is 4.98 Å². The molecule has 1 aliphatic rings. The molecule has 2 aromatic rings. The van der Waals surface area contributed by atoms with Crippen molar-refractivity contribution in [3.8, 4) is 11.6 Å². The quantitative estimate of drug-likeness (QED) is 0.655. The van der Waals surface area contributed by atoms with Crippen molar-refractivity contribution in [3.05, 3.63) is 41.2 Å². The molecular weight excluding hydrogens is 396 g/mol. The fraction of sp³-hybridized carbons (Fsp3) is 0.450. The van der Waals surface area contributed by atoms with E-state index >= 15 is 0 Å². The number of ether oxygens (including phenoxy) is 3. The normalized spacial score (nSPS) is 14.9. The lowest BCUT2D eigenvalue weighted by atomic mass is 10.3. The van der Waals surface area contributed by atoms with Crippen LogP contribution < -0.4 is 19.7 Å². The summed E-state index contributed by atoms with van der Waals surface area (Å²) in [6, 6.07) is 8.84. The molecule has 8 nitrogen and oxygen atoms in total. The lowest BCUT2D eigenvalue weighted by molar-refractivity contribution is -0.127. The van der Waals surface area contributed by atoms with Gasteiger partial charge in [-0.15, -0.1) is 0 Å². The van der Waals surface area contributed by atoms with Gasteiger partial charge < -0.3 is 24.4 Å². The molecular formula is C20H25ClN4O4. The number of carbonyl (C=O) groups excluding carboxylic acids is 1. The first-order valence-corrected chi connectivity index (χ1v) is 9.91. The number of hydrogen-bond acceptors (Lipinski definition) is 7. The summed E-state index contributed by atoms with van der Waals surface area (Å²) in [5, 5.41) is 3.25. The van der Waals surface area contributed by atoms with E-state index in [0.29, 0.717) is 42.2 Å². The molecule has 1 aromatic carbocycles. The fourth-order valence-corrected chi connectivity index (χ4v) is 2.99. The van der Waals surface area contributed by atoms with E-state index in [-0.39, 0.29) is 12.5 Å². The molecule has 1 fully saturated rings. The summed E-state index contributed by atoms with van der Waals surface area (Å²) in [5.41, 5.74) is 0. The zero-order valence-electron chi connectivity index (χ0n) is 16.6. The van der Waals surface area contributed by atoms with Gasteiger partial charge in [0, 0.05) is 19.2 Å². The van der Waals surface area contributed by atoms with E-state index in [1.807, 2.05) is 13.0 Å². The summed E-state index contributed by atoms with van der Waals surface area (Å²) < 4.78 is 16.7. The van der Waals surface area contributed by atoms with Gasteiger partial charge in [0.25, 0.3) is 5.91 Å². The predicted octanol–water partition coefficient (Wildman–Crippen LogP) is 2.24. The predicted molar refractivity (Wildman–Crippen MR) is 110 cm³/mol. The molecule has 0 radical (unpaired) electrons. The zero-order chi connectivity index (χ0) is 20.6. The van der Waals surface area contributed by atoms with Crippen LogP contribution >= 0.6 is 11.6 Å². The van der Waals surface area contributed by atoms with Gasteiger partial charge >= 0.3 is 0 Å². The average molecular weight is 421 g/mol. The number of benzene rings is 1. The Morgan fingerprint density at radius 1 is 1.31 bits per heavy atom. The van der Waals surface area contributed by atoms with Crippen molar-refractivity contribution in [3.63, 3.8) is 0 Å². The van der Waals surface area contributed by atoms with E-state index in [4.69, 9.17) is 25.8 Å². The first kappa shape index (κ1) is 21.1. The van der Waals surface area contributed by atoms with Crippen LogP contribution in [-0.4, -0.2) is 61.4 Å². The number of hydrogen-bond donors (Lipinski definition) is 1. The molecule has 1 amide bonds. The van der Waals surface area contributed by atoms with Gasteiger partial charge in [-0.1, -0.05) is 23.7 Å². The Morgan fingerprint density at radius 3 is 2.83 bits per heavy atom. The lowest BCUT2D eigenvalue weighted by Gasteiger charge is -2.28. The Labute approximate surface area is 175 Å². The molecule has 0 bridgehead atoms. The molecule has 1 atom stereocenters. The number of morpholine rings is 1. The van der Waals surface area contributed by atoms with Crippen LogP contribution in [0.3, 0.4) is 0 Å². The van der Waals surface area contributed by atoms with Gasteiger partial charge in [-0.3, -0.25) is 4.79 Å². The fourth-order valence-electron chi connectivity index (χ4n) is 2.81. The lowest BCUT2D eigenvalue weighted by Crippen LogP contribution is -2.38. The van der Waals surface area contributed by atoms with E-state index in [1.165, 1.54) is 0 Å². The van der Waals surface area contributed by atoms with Crippen molar-refractivity contribution < 1.29 is 19.0 Å². The Bertz CT molecular complexity index is 830. The molecule has 156 valence electrons. The highest BCUT2D eigenvalue weighted by molar-refractivity contribution is 6.32. The molecule has 9 heteroatoms. The van der Waals surface area contributed by atoms with Crippen molar-refractivity contribution >= 4 is 23.3 Å². The number of amides is 1. The third kappa shape index (κ3) is 6.20. The number of nitrogens with zero attached hydrogens (tertiary/aromatic N) is 3. The smallest absolute Gasteiger partial charge is 0.260 e. The second kappa shape index (κ2) is 10.3. The molecule has 2 heterocycles. The number of para-hydroxylation sites is 1. The van der Waals surface area contributed by atoms with E-state index in [0.717, 1.165) is 18.9 Å². The molecule has 1 unspecified atom stereocenters. The van der Waals surface area contributed by atoms with Gasteiger partial charge in [0.2, 0.25) is 5.88 Å². The van der Waals surface area contributed by atoms with Crippen molar-refractivity contribution in [2.24, 2.45) is 0 Å². The van der Waals surface area contributed by atoms with E-state index in [1.54, 1.807) is 31.2 Å². The summed E-state index contributed by atoms with van der Waals surface area (Å²) in [6.07, 6.45) is -0.677. The van der Waals surface area contributed by atoms with E-state index < -0.39 is 6.10 Å². The van der Waals surface area contributed by atoms with Crippen LogP contribution in [0.5, 0.6) is 11.6 Å². The Balaban J connectivity index is 1.45. The summed E-state index contributed by atoms with van der Waals surface area (Å²) in [6.45, 7) is 7.03. The Hall–Kier alpha value is -2.58. The molecule has 1 saturated heterocycles. The third-order valence-corrected chi connectivity index (χ3v) is 4.61. The van der Waals surface area contributed by atoms with Crippen LogP contribution in [0, 0.1) is 6.92 Å². The minimum atomic E-state index is -0.677. The number of carbonyl (C=O) groups is 1. The molecule has 0 saturated carbocycles. The second-order valence-corrected chi connectivity index (χ2v) is 6.95. The summed E-state index contributed by atoms with van der Waals surface area (Å²) in [5.74, 6) is 2.16. The maximum absolute atomic E-state index is 12.2. The van der Waals surface area contributed by atoms with Gasteiger partial charge in [0.1, 0.15) is 24.0 Å². The van der Waals surface area contributed by atoms with Crippen molar-refractivity contribution in [1.29, 1.82) is 0 Å². The molecule has 0 spiro atoms. The molecule has 1 aromatic heterocycles. The highest BCUT2D eigenvalue weighted by atomic mass is 35.5. The van der Waals surface area contributed by atoms with Gasteiger partial charge in [0.15, 0.2) is 6.10 Å². The van der Waals surface area contributed by atoms with Crippen LogP contribution in [0.25, 0.3) is 0 Å². The maximum Gasteiger partial charge on any atom is 0.260 e. The maximum atomic E-state index is 12.2. The Kier molecular flexibility index (Phi) is 7.48. The number of aryl methyl sites for hydroxylation is 1. The van der Waals surface area contributed by atoms with Gasteiger partial charge in [-0.2, -0.15) is 4.98 Å². The Morgan fingerprint density at radius 2 is 2.07 bits per heavy atom. The number of anilines is 1. The highest BCUT2D eigenvalue weighted by Crippen LogP contribution is 2.24. The van der Waals surface area contributed by atoms with Crippen LogP contribution in [0.15, 0.2) is 30.3 Å². The summed E-state index contributed by atoms with van der Waals surface area (Å²) >= 11 is 6.05. The topological polar surface area (TPSA) is 85.8 Å². The van der Waals surface area contributed by atoms with E-state index in [9.17, 15) is 4.79 Å².